The molecule has 1 aromatic heterocycles. The second-order valence-corrected chi connectivity index (χ2v) is 5.55. The van der Waals surface area contributed by atoms with Crippen molar-refractivity contribution in [2.45, 2.75) is 12.8 Å². The van der Waals surface area contributed by atoms with Crippen molar-refractivity contribution in [2.24, 2.45) is 18.9 Å². The van der Waals surface area contributed by atoms with E-state index in [-0.39, 0.29) is 11.7 Å². The summed E-state index contributed by atoms with van der Waals surface area (Å²) in [6.45, 7) is 0.376. The second kappa shape index (κ2) is 5.40. The van der Waals surface area contributed by atoms with Crippen LogP contribution < -0.4 is 5.32 Å². The number of carboxylic acids is 1. The zero-order valence-corrected chi connectivity index (χ0v) is 12.0. The van der Waals surface area contributed by atoms with E-state index in [1.165, 1.54) is 12.1 Å². The third-order valence-electron chi connectivity index (χ3n) is 4.03. The average Bonchev–Trinajstić information content (AvgIpc) is 3.22. The molecule has 2 N–H and O–H groups in total. The molecular weight excluding hydrogens is 289 g/mol. The molecule has 1 fully saturated rings. The minimum absolute atomic E-state index is 0.225. The summed E-state index contributed by atoms with van der Waals surface area (Å²) in [5.74, 6) is -1.67. The summed E-state index contributed by atoms with van der Waals surface area (Å²) in [5.41, 5.74) is 1.41. The number of halogens is 1. The maximum Gasteiger partial charge on any atom is 0.307 e. The molecule has 0 radical (unpaired) electrons. The maximum atomic E-state index is 13.2. The minimum Gasteiger partial charge on any atom is -0.481 e. The topological polar surface area (TPSA) is 84.2 Å². The smallest absolute Gasteiger partial charge is 0.307 e. The van der Waals surface area contributed by atoms with E-state index in [1.807, 2.05) is 0 Å². The van der Waals surface area contributed by atoms with Crippen molar-refractivity contribution < 1.29 is 19.1 Å². The van der Waals surface area contributed by atoms with Crippen molar-refractivity contribution >= 4 is 22.9 Å². The largest absolute Gasteiger partial charge is 0.481 e. The van der Waals surface area contributed by atoms with Gasteiger partial charge in [0.2, 0.25) is 5.91 Å². The van der Waals surface area contributed by atoms with E-state index in [0.29, 0.717) is 30.4 Å². The molecule has 0 saturated heterocycles. The van der Waals surface area contributed by atoms with Crippen LogP contribution in [0, 0.1) is 17.7 Å². The molecule has 2 aromatic rings. The van der Waals surface area contributed by atoms with Crippen molar-refractivity contribution in [2.75, 3.05) is 6.54 Å². The van der Waals surface area contributed by atoms with Gasteiger partial charge >= 0.3 is 5.97 Å². The quantitative estimate of drug-likeness (QED) is 0.866. The molecule has 3 rings (SSSR count). The molecule has 1 aromatic carbocycles. The van der Waals surface area contributed by atoms with Crippen LogP contribution in [0.4, 0.5) is 4.39 Å². The number of fused-ring (bicyclic) bond motifs is 1. The first-order chi connectivity index (χ1) is 10.5. The van der Waals surface area contributed by atoms with E-state index < -0.39 is 17.8 Å². The van der Waals surface area contributed by atoms with Crippen molar-refractivity contribution in [3.63, 3.8) is 0 Å². The predicted molar refractivity (Wildman–Crippen MR) is 76.6 cm³/mol. The van der Waals surface area contributed by atoms with Crippen LogP contribution in [0.1, 0.15) is 12.2 Å². The first-order valence-electron chi connectivity index (χ1n) is 7.08. The van der Waals surface area contributed by atoms with Gasteiger partial charge in [0.15, 0.2) is 0 Å². The molecule has 1 aliphatic rings. The molecule has 2 atom stereocenters. The lowest BCUT2D eigenvalue weighted by Crippen LogP contribution is -2.28. The molecule has 2 unspecified atom stereocenters. The molecule has 7 heteroatoms. The normalized spacial score (nSPS) is 20.1. The number of aryl methyl sites for hydroxylation is 1. The Balaban J connectivity index is 1.59. The minimum atomic E-state index is -0.919. The number of aromatic nitrogens is 2. The van der Waals surface area contributed by atoms with Gasteiger partial charge in [0, 0.05) is 20.0 Å². The van der Waals surface area contributed by atoms with Crippen LogP contribution in [0.3, 0.4) is 0 Å². The number of carbonyl (C=O) groups excluding carboxylic acids is 1. The summed E-state index contributed by atoms with van der Waals surface area (Å²) < 4.78 is 15.0. The number of hydrogen-bond donors (Lipinski definition) is 2. The van der Waals surface area contributed by atoms with Gasteiger partial charge in [-0.3, -0.25) is 9.59 Å². The Morgan fingerprint density at radius 1 is 1.45 bits per heavy atom. The predicted octanol–water partition coefficient (Wildman–Crippen LogP) is 1.09. The van der Waals surface area contributed by atoms with Crippen LogP contribution in [-0.4, -0.2) is 33.1 Å². The third-order valence-corrected chi connectivity index (χ3v) is 4.03. The van der Waals surface area contributed by atoms with Crippen LogP contribution >= 0.6 is 0 Å². The number of nitrogens with one attached hydrogen (secondary N) is 1. The SMILES string of the molecule is Cn1c(CCNC(=O)C2CC2C(=O)O)nc2ccc(F)cc21. The van der Waals surface area contributed by atoms with E-state index >= 15 is 0 Å². The highest BCUT2D eigenvalue weighted by Gasteiger charge is 2.48. The molecule has 0 spiro atoms. The monoisotopic (exact) mass is 305 g/mol. The van der Waals surface area contributed by atoms with Gasteiger partial charge in [0.1, 0.15) is 11.6 Å². The molecule has 22 heavy (non-hydrogen) atoms. The molecule has 1 aliphatic carbocycles. The Labute approximate surface area is 125 Å². The number of aliphatic carboxylic acids is 1. The fraction of sp³-hybridized carbons (Fsp3) is 0.400. The highest BCUT2D eigenvalue weighted by Crippen LogP contribution is 2.38. The summed E-state index contributed by atoms with van der Waals surface area (Å²) in [4.78, 5) is 26.9. The van der Waals surface area contributed by atoms with Gasteiger partial charge in [-0.2, -0.15) is 0 Å². The summed E-state index contributed by atoms with van der Waals surface area (Å²) in [7, 11) is 1.80. The second-order valence-electron chi connectivity index (χ2n) is 5.55. The van der Waals surface area contributed by atoms with Crippen LogP contribution in [0.5, 0.6) is 0 Å². The summed E-state index contributed by atoms with van der Waals surface area (Å²) >= 11 is 0. The van der Waals surface area contributed by atoms with Crippen molar-refractivity contribution in [1.82, 2.24) is 14.9 Å². The summed E-state index contributed by atoms with van der Waals surface area (Å²) in [6.07, 6.45) is 0.912. The highest BCUT2D eigenvalue weighted by atomic mass is 19.1. The number of hydrogen-bond acceptors (Lipinski definition) is 3. The number of carboxylic acid groups (broad SMARTS) is 1. The number of benzene rings is 1. The van der Waals surface area contributed by atoms with Gasteiger partial charge in [-0.15, -0.1) is 0 Å². The standard InChI is InChI=1S/C15H16FN3O3/c1-19-12-6-8(16)2-3-11(12)18-13(19)4-5-17-14(20)9-7-10(9)15(21)22/h2-3,6,9-10H,4-5,7H2,1H3,(H,17,20)(H,21,22). The van der Waals surface area contributed by atoms with Crippen LogP contribution in [-0.2, 0) is 23.1 Å². The van der Waals surface area contributed by atoms with Crippen molar-refractivity contribution in [3.8, 4) is 0 Å². The summed E-state index contributed by atoms with van der Waals surface area (Å²) in [5, 5.41) is 11.5. The average molecular weight is 305 g/mol. The number of carbonyl (C=O) groups is 2. The van der Waals surface area contributed by atoms with E-state index in [1.54, 1.807) is 17.7 Å². The molecule has 1 heterocycles. The first-order valence-corrected chi connectivity index (χ1v) is 7.08. The van der Waals surface area contributed by atoms with Crippen LogP contribution in [0.2, 0.25) is 0 Å². The summed E-state index contributed by atoms with van der Waals surface area (Å²) in [6, 6.07) is 4.40. The third kappa shape index (κ3) is 2.66. The van der Waals surface area contributed by atoms with Gasteiger partial charge in [0.05, 0.1) is 22.9 Å². The van der Waals surface area contributed by atoms with E-state index in [0.717, 1.165) is 5.82 Å². The lowest BCUT2D eigenvalue weighted by atomic mass is 10.3. The molecule has 6 nitrogen and oxygen atoms in total. The van der Waals surface area contributed by atoms with Crippen molar-refractivity contribution in [1.29, 1.82) is 0 Å². The fourth-order valence-electron chi connectivity index (χ4n) is 2.62. The van der Waals surface area contributed by atoms with E-state index in [9.17, 15) is 14.0 Å². The Bertz CT molecular complexity index is 756. The van der Waals surface area contributed by atoms with Gasteiger partial charge in [0.25, 0.3) is 0 Å². The zero-order valence-electron chi connectivity index (χ0n) is 12.0. The lowest BCUT2D eigenvalue weighted by Gasteiger charge is -2.05. The fourth-order valence-corrected chi connectivity index (χ4v) is 2.62. The molecule has 1 amide bonds. The van der Waals surface area contributed by atoms with E-state index in [2.05, 4.69) is 10.3 Å². The number of amides is 1. The van der Waals surface area contributed by atoms with Crippen molar-refractivity contribution in [3.05, 3.63) is 29.8 Å². The molecule has 116 valence electrons. The molecule has 0 bridgehead atoms. The Morgan fingerprint density at radius 2 is 2.23 bits per heavy atom. The van der Waals surface area contributed by atoms with E-state index in [4.69, 9.17) is 5.11 Å². The van der Waals surface area contributed by atoms with Gasteiger partial charge in [-0.1, -0.05) is 0 Å². The lowest BCUT2D eigenvalue weighted by molar-refractivity contribution is -0.140. The van der Waals surface area contributed by atoms with Gasteiger partial charge in [-0.05, 0) is 24.6 Å². The Morgan fingerprint density at radius 3 is 2.91 bits per heavy atom. The number of imidazole rings is 1. The Kier molecular flexibility index (Phi) is 3.56. The van der Waals surface area contributed by atoms with Crippen LogP contribution in [0.25, 0.3) is 11.0 Å². The highest BCUT2D eigenvalue weighted by molar-refractivity contribution is 5.89. The molecule has 0 aliphatic heterocycles. The molecular formula is C15H16FN3O3. The Hall–Kier alpha value is -2.44. The maximum absolute atomic E-state index is 13.2. The van der Waals surface area contributed by atoms with Gasteiger partial charge in [-0.25, -0.2) is 9.37 Å². The molecule has 1 saturated carbocycles. The zero-order chi connectivity index (χ0) is 15.9. The van der Waals surface area contributed by atoms with Crippen LogP contribution in [0.15, 0.2) is 18.2 Å². The number of rotatable bonds is 5. The van der Waals surface area contributed by atoms with Gasteiger partial charge < -0.3 is 15.0 Å². The first kappa shape index (κ1) is 14.5. The number of nitrogens with zero attached hydrogens (tertiary/aromatic N) is 2.